The average Bonchev–Trinajstić information content (AvgIpc) is 2.80. The Labute approximate surface area is 127 Å². The van der Waals surface area contributed by atoms with Gasteiger partial charge in [0.15, 0.2) is 0 Å². The molecule has 5 heteroatoms. The Kier molecular flexibility index (Phi) is 5.02. The molecule has 3 nitrogen and oxygen atoms in total. The molecular formula is C14H17BrClN3. The highest BCUT2D eigenvalue weighted by Crippen LogP contribution is 2.28. The van der Waals surface area contributed by atoms with Crippen LogP contribution in [-0.2, 0) is 7.05 Å². The van der Waals surface area contributed by atoms with Crippen molar-refractivity contribution in [2.24, 2.45) is 7.05 Å². The standard InChI is InChI=1S/C14H17BrClN3/c1-3-7-17-14(13-6-8-19(2)18-13)10-4-5-12(16)11(15)9-10/h4-6,8-9,14,17H,3,7H2,1-2H3. The molecule has 0 saturated carbocycles. The van der Waals surface area contributed by atoms with Gasteiger partial charge in [-0.2, -0.15) is 5.10 Å². The summed E-state index contributed by atoms with van der Waals surface area (Å²) >= 11 is 9.53. The number of aromatic nitrogens is 2. The number of aryl methyl sites for hydroxylation is 1. The molecule has 1 aromatic carbocycles. The Morgan fingerprint density at radius 1 is 1.42 bits per heavy atom. The topological polar surface area (TPSA) is 29.9 Å². The maximum atomic E-state index is 6.05. The maximum Gasteiger partial charge on any atom is 0.0839 e. The van der Waals surface area contributed by atoms with Gasteiger partial charge in [0.25, 0.3) is 0 Å². The number of hydrogen-bond donors (Lipinski definition) is 1. The summed E-state index contributed by atoms with van der Waals surface area (Å²) in [5.74, 6) is 0. The number of benzene rings is 1. The third-order valence-electron chi connectivity index (χ3n) is 2.91. The zero-order chi connectivity index (χ0) is 13.8. The Morgan fingerprint density at radius 2 is 2.21 bits per heavy atom. The van der Waals surface area contributed by atoms with E-state index in [0.29, 0.717) is 0 Å². The summed E-state index contributed by atoms with van der Waals surface area (Å²) < 4.78 is 2.73. The van der Waals surface area contributed by atoms with Crippen molar-refractivity contribution in [3.05, 3.63) is 51.2 Å². The molecule has 0 bridgehead atoms. The van der Waals surface area contributed by atoms with E-state index in [1.54, 1.807) is 0 Å². The summed E-state index contributed by atoms with van der Waals surface area (Å²) in [6.45, 7) is 3.10. The second kappa shape index (κ2) is 6.55. The van der Waals surface area contributed by atoms with E-state index >= 15 is 0 Å². The molecular weight excluding hydrogens is 326 g/mol. The lowest BCUT2D eigenvalue weighted by atomic mass is 10.0. The van der Waals surface area contributed by atoms with Crippen LogP contribution in [0.4, 0.5) is 0 Å². The number of rotatable bonds is 5. The number of halogens is 2. The van der Waals surface area contributed by atoms with E-state index in [0.717, 1.165) is 33.7 Å². The number of nitrogens with one attached hydrogen (secondary N) is 1. The first-order valence-corrected chi connectivity index (χ1v) is 7.46. The molecule has 0 aliphatic rings. The van der Waals surface area contributed by atoms with Gasteiger partial charge < -0.3 is 5.32 Å². The normalized spacial score (nSPS) is 12.6. The molecule has 19 heavy (non-hydrogen) atoms. The Balaban J connectivity index is 2.33. The minimum absolute atomic E-state index is 0.0923. The summed E-state index contributed by atoms with van der Waals surface area (Å²) in [6.07, 6.45) is 3.04. The quantitative estimate of drug-likeness (QED) is 0.892. The van der Waals surface area contributed by atoms with Crippen molar-refractivity contribution >= 4 is 27.5 Å². The molecule has 102 valence electrons. The Bertz CT molecular complexity index is 553. The number of hydrogen-bond acceptors (Lipinski definition) is 2. The predicted molar refractivity (Wildman–Crippen MR) is 82.5 cm³/mol. The maximum absolute atomic E-state index is 6.05. The summed E-state index contributed by atoms with van der Waals surface area (Å²) in [5, 5.41) is 8.74. The number of nitrogens with zero attached hydrogens (tertiary/aromatic N) is 2. The zero-order valence-electron chi connectivity index (χ0n) is 11.0. The molecule has 0 radical (unpaired) electrons. The van der Waals surface area contributed by atoms with Crippen molar-refractivity contribution in [3.63, 3.8) is 0 Å². The molecule has 1 atom stereocenters. The second-order valence-corrected chi connectivity index (χ2v) is 5.74. The SMILES string of the molecule is CCCNC(c1ccc(Cl)c(Br)c1)c1ccn(C)n1. The molecule has 1 heterocycles. The van der Waals surface area contributed by atoms with Gasteiger partial charge in [-0.05, 0) is 52.7 Å². The third kappa shape index (κ3) is 3.59. The minimum Gasteiger partial charge on any atom is -0.305 e. The summed E-state index contributed by atoms with van der Waals surface area (Å²) in [6, 6.07) is 8.12. The van der Waals surface area contributed by atoms with Gasteiger partial charge in [0.05, 0.1) is 16.8 Å². The van der Waals surface area contributed by atoms with Gasteiger partial charge in [-0.1, -0.05) is 24.6 Å². The molecule has 1 N–H and O–H groups in total. The van der Waals surface area contributed by atoms with Crippen LogP contribution in [0.3, 0.4) is 0 Å². The lowest BCUT2D eigenvalue weighted by Crippen LogP contribution is -2.23. The average molecular weight is 343 g/mol. The molecule has 2 aromatic rings. The van der Waals surface area contributed by atoms with Gasteiger partial charge in [0.2, 0.25) is 0 Å². The fourth-order valence-electron chi connectivity index (χ4n) is 1.96. The first kappa shape index (κ1) is 14.6. The Morgan fingerprint density at radius 3 is 2.79 bits per heavy atom. The second-order valence-electron chi connectivity index (χ2n) is 4.47. The van der Waals surface area contributed by atoms with Crippen molar-refractivity contribution in [2.45, 2.75) is 19.4 Å². The van der Waals surface area contributed by atoms with Crippen molar-refractivity contribution in [1.29, 1.82) is 0 Å². The predicted octanol–water partition coefficient (Wildman–Crippen LogP) is 3.93. The van der Waals surface area contributed by atoms with Gasteiger partial charge >= 0.3 is 0 Å². The minimum atomic E-state index is 0.0923. The highest BCUT2D eigenvalue weighted by molar-refractivity contribution is 9.10. The molecule has 1 aromatic heterocycles. The third-order valence-corrected chi connectivity index (χ3v) is 4.12. The largest absolute Gasteiger partial charge is 0.305 e. The van der Waals surface area contributed by atoms with E-state index in [-0.39, 0.29) is 6.04 Å². The lowest BCUT2D eigenvalue weighted by Gasteiger charge is -2.17. The van der Waals surface area contributed by atoms with Crippen LogP contribution in [0.25, 0.3) is 0 Å². The summed E-state index contributed by atoms with van der Waals surface area (Å²) in [4.78, 5) is 0. The van der Waals surface area contributed by atoms with Crippen LogP contribution in [-0.4, -0.2) is 16.3 Å². The molecule has 1 unspecified atom stereocenters. The lowest BCUT2D eigenvalue weighted by molar-refractivity contribution is 0.575. The smallest absolute Gasteiger partial charge is 0.0839 e. The van der Waals surface area contributed by atoms with Crippen LogP contribution in [0, 0.1) is 0 Å². The monoisotopic (exact) mass is 341 g/mol. The Hall–Kier alpha value is -0.840. The summed E-state index contributed by atoms with van der Waals surface area (Å²) in [7, 11) is 1.93. The van der Waals surface area contributed by atoms with Crippen molar-refractivity contribution in [3.8, 4) is 0 Å². The van der Waals surface area contributed by atoms with Crippen LogP contribution in [0.1, 0.15) is 30.6 Å². The van der Waals surface area contributed by atoms with Gasteiger partial charge in [0, 0.05) is 17.7 Å². The van der Waals surface area contributed by atoms with Gasteiger partial charge in [0.1, 0.15) is 0 Å². The van der Waals surface area contributed by atoms with Crippen molar-refractivity contribution in [1.82, 2.24) is 15.1 Å². The van der Waals surface area contributed by atoms with Crippen molar-refractivity contribution < 1.29 is 0 Å². The van der Waals surface area contributed by atoms with Crippen LogP contribution >= 0.6 is 27.5 Å². The molecule has 2 rings (SSSR count). The van der Waals surface area contributed by atoms with E-state index in [2.05, 4.69) is 33.3 Å². The first-order valence-electron chi connectivity index (χ1n) is 6.29. The van der Waals surface area contributed by atoms with Crippen LogP contribution in [0.2, 0.25) is 5.02 Å². The van der Waals surface area contributed by atoms with Gasteiger partial charge in [-0.3, -0.25) is 4.68 Å². The van der Waals surface area contributed by atoms with E-state index in [4.69, 9.17) is 11.6 Å². The van der Waals surface area contributed by atoms with Crippen LogP contribution in [0.15, 0.2) is 34.9 Å². The van der Waals surface area contributed by atoms with E-state index in [1.807, 2.05) is 42.2 Å². The summed E-state index contributed by atoms with van der Waals surface area (Å²) in [5.41, 5.74) is 2.17. The highest BCUT2D eigenvalue weighted by atomic mass is 79.9. The zero-order valence-corrected chi connectivity index (χ0v) is 13.4. The molecule has 0 spiro atoms. The van der Waals surface area contributed by atoms with Gasteiger partial charge in [-0.15, -0.1) is 0 Å². The fourth-order valence-corrected chi connectivity index (χ4v) is 2.47. The fraction of sp³-hybridized carbons (Fsp3) is 0.357. The van der Waals surface area contributed by atoms with E-state index < -0.39 is 0 Å². The van der Waals surface area contributed by atoms with Gasteiger partial charge in [-0.25, -0.2) is 0 Å². The molecule has 0 aliphatic heterocycles. The molecule has 0 aliphatic carbocycles. The molecule has 0 amide bonds. The molecule has 0 fully saturated rings. The van der Waals surface area contributed by atoms with E-state index in [1.165, 1.54) is 0 Å². The highest BCUT2D eigenvalue weighted by Gasteiger charge is 2.16. The van der Waals surface area contributed by atoms with Crippen molar-refractivity contribution in [2.75, 3.05) is 6.54 Å². The van der Waals surface area contributed by atoms with Crippen LogP contribution in [0.5, 0.6) is 0 Å². The van der Waals surface area contributed by atoms with Crippen LogP contribution < -0.4 is 5.32 Å². The van der Waals surface area contributed by atoms with E-state index in [9.17, 15) is 0 Å². The first-order chi connectivity index (χ1) is 9.11. The molecule has 0 saturated heterocycles.